The number of hydrogen-bond donors (Lipinski definition) is 1. The Bertz CT molecular complexity index is 88.1. The van der Waals surface area contributed by atoms with Crippen molar-refractivity contribution >= 4 is 0 Å². The first kappa shape index (κ1) is 4.78. The van der Waals surface area contributed by atoms with Gasteiger partial charge >= 0.3 is 0 Å². The molecular weight excluding hydrogens is 93.1 g/mol. The molecule has 0 fully saturated rings. The molecule has 40 valence electrons. The van der Waals surface area contributed by atoms with Gasteiger partial charge in [0.25, 0.3) is 0 Å². The third-order valence-corrected chi connectivity index (χ3v) is 0.981. The van der Waals surface area contributed by atoms with E-state index >= 15 is 0 Å². The van der Waals surface area contributed by atoms with Crippen LogP contribution >= 0.6 is 0 Å². The zero-order valence-corrected chi connectivity index (χ0v) is 4.08. The minimum Gasteiger partial charge on any atom is -0.310 e. The van der Waals surface area contributed by atoms with Gasteiger partial charge in [0.05, 0.1) is 0 Å². The second kappa shape index (κ2) is 2.07. The van der Waals surface area contributed by atoms with Crippen molar-refractivity contribution in [2.45, 2.75) is 6.42 Å². The molecule has 0 spiro atoms. The highest BCUT2D eigenvalue weighted by Gasteiger charge is 1.97. The van der Waals surface area contributed by atoms with E-state index in [1.807, 2.05) is 0 Å². The van der Waals surface area contributed by atoms with Gasteiger partial charge in [-0.2, -0.15) is 0 Å². The second-order valence-corrected chi connectivity index (χ2v) is 1.62. The van der Waals surface area contributed by atoms with Crippen molar-refractivity contribution in [2.75, 3.05) is 13.1 Å². The summed E-state index contributed by atoms with van der Waals surface area (Å²) >= 11 is 0. The van der Waals surface area contributed by atoms with Crippen LogP contribution in [0.25, 0.3) is 0 Å². The molecular formula is C5H8FN. The molecule has 0 aromatic rings. The van der Waals surface area contributed by atoms with Crippen molar-refractivity contribution in [2.24, 2.45) is 0 Å². The van der Waals surface area contributed by atoms with Gasteiger partial charge in [-0.15, -0.1) is 0 Å². The van der Waals surface area contributed by atoms with Crippen LogP contribution in [-0.4, -0.2) is 13.1 Å². The lowest BCUT2D eigenvalue weighted by Crippen LogP contribution is -2.20. The van der Waals surface area contributed by atoms with Crippen molar-refractivity contribution in [3.05, 3.63) is 11.9 Å². The van der Waals surface area contributed by atoms with Crippen LogP contribution in [0, 0.1) is 0 Å². The van der Waals surface area contributed by atoms with Gasteiger partial charge in [0.15, 0.2) is 0 Å². The third kappa shape index (κ3) is 1.27. The molecule has 0 atom stereocenters. The summed E-state index contributed by atoms with van der Waals surface area (Å²) in [6.07, 6.45) is 2.46. The molecule has 1 N–H and O–H groups in total. The lowest BCUT2D eigenvalue weighted by molar-refractivity contribution is 0.543. The summed E-state index contributed by atoms with van der Waals surface area (Å²) in [6, 6.07) is 0. The molecule has 7 heavy (non-hydrogen) atoms. The summed E-state index contributed by atoms with van der Waals surface area (Å²) in [4.78, 5) is 0. The van der Waals surface area contributed by atoms with E-state index in [2.05, 4.69) is 5.32 Å². The Balaban J connectivity index is 2.40. The lowest BCUT2D eigenvalue weighted by Gasteiger charge is -2.05. The molecule has 0 bridgehead atoms. The Labute approximate surface area is 42.2 Å². The Morgan fingerprint density at radius 1 is 1.71 bits per heavy atom. The zero-order valence-electron chi connectivity index (χ0n) is 4.08. The summed E-state index contributed by atoms with van der Waals surface area (Å²) in [5, 5.41) is 2.89. The van der Waals surface area contributed by atoms with Gasteiger partial charge in [-0.25, -0.2) is 4.39 Å². The van der Waals surface area contributed by atoms with E-state index in [9.17, 15) is 4.39 Å². The molecule has 0 amide bonds. The number of rotatable bonds is 0. The molecule has 0 aromatic carbocycles. The standard InChI is InChI=1S/C5H8FN/c6-5-2-1-3-7-4-5/h2,7H,1,3-4H2. The molecule has 1 heterocycles. The van der Waals surface area contributed by atoms with Crippen molar-refractivity contribution in [1.82, 2.24) is 5.32 Å². The van der Waals surface area contributed by atoms with Crippen LogP contribution in [0.5, 0.6) is 0 Å². The molecule has 1 aliphatic rings. The molecule has 0 saturated carbocycles. The fourth-order valence-corrected chi connectivity index (χ4v) is 0.611. The van der Waals surface area contributed by atoms with E-state index in [0.717, 1.165) is 13.0 Å². The molecule has 0 aliphatic carbocycles. The maximum Gasteiger partial charge on any atom is 0.110 e. The maximum absolute atomic E-state index is 12.0. The topological polar surface area (TPSA) is 12.0 Å². The molecule has 1 rings (SSSR count). The average molecular weight is 101 g/mol. The van der Waals surface area contributed by atoms with Gasteiger partial charge < -0.3 is 5.32 Å². The highest BCUT2D eigenvalue weighted by atomic mass is 19.1. The zero-order chi connectivity index (χ0) is 5.11. The van der Waals surface area contributed by atoms with Gasteiger partial charge in [-0.05, 0) is 13.0 Å². The van der Waals surface area contributed by atoms with Gasteiger partial charge in [0, 0.05) is 6.54 Å². The summed E-state index contributed by atoms with van der Waals surface area (Å²) in [6.45, 7) is 1.35. The molecule has 2 heteroatoms. The van der Waals surface area contributed by atoms with Crippen LogP contribution < -0.4 is 5.32 Å². The molecule has 0 radical (unpaired) electrons. The van der Waals surface area contributed by atoms with Crippen molar-refractivity contribution < 1.29 is 4.39 Å². The SMILES string of the molecule is FC1=CCCNC1. The van der Waals surface area contributed by atoms with Gasteiger partial charge in [-0.1, -0.05) is 6.08 Å². The van der Waals surface area contributed by atoms with Crippen molar-refractivity contribution in [3.8, 4) is 0 Å². The number of hydrogen-bond acceptors (Lipinski definition) is 1. The fourth-order valence-electron chi connectivity index (χ4n) is 0.611. The van der Waals surface area contributed by atoms with Crippen LogP contribution in [-0.2, 0) is 0 Å². The van der Waals surface area contributed by atoms with E-state index in [-0.39, 0.29) is 5.83 Å². The van der Waals surface area contributed by atoms with E-state index in [4.69, 9.17) is 0 Å². The maximum atomic E-state index is 12.0. The van der Waals surface area contributed by atoms with Gasteiger partial charge in [0.1, 0.15) is 5.83 Å². The first-order valence-corrected chi connectivity index (χ1v) is 2.45. The number of nitrogens with one attached hydrogen (secondary N) is 1. The van der Waals surface area contributed by atoms with Crippen LogP contribution in [0.4, 0.5) is 4.39 Å². The normalized spacial score (nSPS) is 21.6. The van der Waals surface area contributed by atoms with Crippen LogP contribution in [0.1, 0.15) is 6.42 Å². The van der Waals surface area contributed by atoms with E-state index in [0.29, 0.717) is 6.54 Å². The van der Waals surface area contributed by atoms with E-state index in [1.165, 1.54) is 0 Å². The molecule has 1 aliphatic heterocycles. The van der Waals surface area contributed by atoms with Gasteiger partial charge in [-0.3, -0.25) is 0 Å². The minimum atomic E-state index is -0.0220. The van der Waals surface area contributed by atoms with Gasteiger partial charge in [0.2, 0.25) is 0 Å². The van der Waals surface area contributed by atoms with Crippen LogP contribution in [0.15, 0.2) is 11.9 Å². The van der Waals surface area contributed by atoms with Crippen LogP contribution in [0.3, 0.4) is 0 Å². The summed E-state index contributed by atoms with van der Waals surface area (Å²) in [7, 11) is 0. The average Bonchev–Trinajstić information content (AvgIpc) is 1.69. The Morgan fingerprint density at radius 3 is 2.86 bits per heavy atom. The highest BCUT2D eigenvalue weighted by Crippen LogP contribution is 1.99. The number of halogens is 1. The predicted molar refractivity (Wildman–Crippen MR) is 26.7 cm³/mol. The fraction of sp³-hybridized carbons (Fsp3) is 0.600. The van der Waals surface area contributed by atoms with Crippen molar-refractivity contribution in [3.63, 3.8) is 0 Å². The Morgan fingerprint density at radius 2 is 2.57 bits per heavy atom. The minimum absolute atomic E-state index is 0.0220. The van der Waals surface area contributed by atoms with E-state index < -0.39 is 0 Å². The Hall–Kier alpha value is -0.370. The van der Waals surface area contributed by atoms with E-state index in [1.54, 1.807) is 6.08 Å². The Kier molecular flexibility index (Phi) is 1.42. The first-order chi connectivity index (χ1) is 3.39. The molecule has 0 aromatic heterocycles. The molecule has 0 unspecified atom stereocenters. The first-order valence-electron chi connectivity index (χ1n) is 2.45. The smallest absolute Gasteiger partial charge is 0.110 e. The summed E-state index contributed by atoms with van der Waals surface area (Å²) < 4.78 is 12.0. The lowest BCUT2D eigenvalue weighted by atomic mass is 10.3. The quantitative estimate of drug-likeness (QED) is 0.476. The van der Waals surface area contributed by atoms with Crippen molar-refractivity contribution in [1.29, 1.82) is 0 Å². The largest absolute Gasteiger partial charge is 0.310 e. The monoisotopic (exact) mass is 101 g/mol. The second-order valence-electron chi connectivity index (χ2n) is 1.62. The molecule has 1 nitrogen and oxygen atoms in total. The summed E-state index contributed by atoms with van der Waals surface area (Å²) in [5.41, 5.74) is 0. The highest BCUT2D eigenvalue weighted by molar-refractivity contribution is 4.97. The summed E-state index contributed by atoms with van der Waals surface area (Å²) in [5.74, 6) is -0.0220. The third-order valence-electron chi connectivity index (χ3n) is 0.981. The van der Waals surface area contributed by atoms with Crippen LogP contribution in [0.2, 0.25) is 0 Å². The predicted octanol–water partition coefficient (Wildman–Crippen LogP) is 0.833. The molecule has 0 saturated heterocycles.